The Morgan fingerprint density at radius 1 is 1.37 bits per heavy atom. The van der Waals surface area contributed by atoms with Gasteiger partial charge < -0.3 is 4.74 Å². The number of carbonyl (C=O) groups is 2. The van der Waals surface area contributed by atoms with Gasteiger partial charge >= 0.3 is 5.97 Å². The van der Waals surface area contributed by atoms with E-state index in [1.807, 2.05) is 0 Å². The molecule has 9 nitrogen and oxygen atoms in total. The molecule has 1 amide bonds. The fourth-order valence-corrected chi connectivity index (χ4v) is 4.45. The van der Waals surface area contributed by atoms with Crippen LogP contribution in [-0.4, -0.2) is 56.2 Å². The summed E-state index contributed by atoms with van der Waals surface area (Å²) in [5.74, 6) is -0.942. The number of nitrogens with one attached hydrogen (secondary N) is 1. The van der Waals surface area contributed by atoms with Crippen molar-refractivity contribution < 1.29 is 22.7 Å². The largest absolute Gasteiger partial charge is 0.468 e. The molecular weight excluding hydrogens is 436 g/mol. The second-order valence-corrected chi connectivity index (χ2v) is 9.58. The summed E-state index contributed by atoms with van der Waals surface area (Å²) in [4.78, 5) is 23.4. The molecule has 0 spiro atoms. The van der Waals surface area contributed by atoms with Gasteiger partial charge in [0.1, 0.15) is 6.54 Å². The summed E-state index contributed by atoms with van der Waals surface area (Å²) in [5.41, 5.74) is 0.270. The lowest BCUT2D eigenvalue weighted by Gasteiger charge is -2.21. The Morgan fingerprint density at radius 3 is 2.74 bits per heavy atom. The number of amides is 1. The van der Waals surface area contributed by atoms with E-state index in [1.165, 1.54) is 19.2 Å². The maximum Gasteiger partial charge on any atom is 0.316 e. The van der Waals surface area contributed by atoms with Crippen molar-refractivity contribution in [2.24, 2.45) is 0 Å². The zero-order valence-corrected chi connectivity index (χ0v) is 17.4. The summed E-state index contributed by atoms with van der Waals surface area (Å²) < 4.78 is 30.0. The van der Waals surface area contributed by atoms with E-state index in [9.17, 15) is 18.0 Å². The minimum atomic E-state index is -3.71. The van der Waals surface area contributed by atoms with Gasteiger partial charge in [-0.2, -0.15) is 0 Å². The van der Waals surface area contributed by atoms with Gasteiger partial charge in [-0.15, -0.1) is 10.2 Å². The third-order valence-corrected chi connectivity index (χ3v) is 6.30. The number of thioether (sulfide) groups is 1. The molecule has 0 aliphatic heterocycles. The van der Waals surface area contributed by atoms with Gasteiger partial charge in [0.05, 0.1) is 24.8 Å². The Labute approximate surface area is 169 Å². The van der Waals surface area contributed by atoms with E-state index >= 15 is 0 Å². The zero-order valence-electron chi connectivity index (χ0n) is 14.2. The van der Waals surface area contributed by atoms with Gasteiger partial charge in [-0.1, -0.05) is 40.8 Å². The zero-order chi connectivity index (χ0) is 20.0. The number of halogens is 1. The highest BCUT2D eigenvalue weighted by atomic mass is 35.5. The first-order valence-electron chi connectivity index (χ1n) is 7.25. The molecule has 2 aromatic rings. The molecule has 0 fully saturated rings. The molecule has 0 aliphatic carbocycles. The van der Waals surface area contributed by atoms with Crippen molar-refractivity contribution in [2.75, 3.05) is 35.3 Å². The molecule has 0 atom stereocenters. The van der Waals surface area contributed by atoms with E-state index in [2.05, 4.69) is 20.3 Å². The molecule has 1 aromatic heterocycles. The summed E-state index contributed by atoms with van der Waals surface area (Å²) in [6.07, 6.45) is 0.994. The topological polar surface area (TPSA) is 119 Å². The molecule has 0 saturated heterocycles. The van der Waals surface area contributed by atoms with Gasteiger partial charge in [0.15, 0.2) is 4.34 Å². The van der Waals surface area contributed by atoms with Gasteiger partial charge in [-0.05, 0) is 18.2 Å². The highest BCUT2D eigenvalue weighted by Gasteiger charge is 2.22. The smallest absolute Gasteiger partial charge is 0.316 e. The second kappa shape index (κ2) is 9.35. The quantitative estimate of drug-likeness (QED) is 0.367. The lowest BCUT2D eigenvalue weighted by Crippen LogP contribution is -2.37. The van der Waals surface area contributed by atoms with Crippen LogP contribution in [0.15, 0.2) is 28.6 Å². The van der Waals surface area contributed by atoms with Crippen LogP contribution in [0.4, 0.5) is 10.8 Å². The van der Waals surface area contributed by atoms with Crippen molar-refractivity contribution in [3.05, 3.63) is 29.3 Å². The first kappa shape index (κ1) is 21.4. The maximum atomic E-state index is 12.3. The predicted molar refractivity (Wildman–Crippen MR) is 105 cm³/mol. The first-order valence-corrected chi connectivity index (χ1v) is 11.3. The number of ether oxygens (including phenoxy) is 1. The predicted octanol–water partition coefficient (Wildman–Crippen LogP) is 1.86. The van der Waals surface area contributed by atoms with Gasteiger partial charge in [0, 0.05) is 5.02 Å². The van der Waals surface area contributed by atoms with Crippen molar-refractivity contribution in [3.8, 4) is 0 Å². The number of hydrogen-bond acceptors (Lipinski definition) is 9. The SMILES string of the molecule is COC(=O)CSc1nnc(NC(=O)CN(c2cccc(Cl)c2)S(C)(=O)=O)s1. The molecular formula is C14H15ClN4O5S3. The molecule has 2 rings (SSSR count). The number of anilines is 2. The Hall–Kier alpha value is -1.89. The number of benzene rings is 1. The summed E-state index contributed by atoms with van der Waals surface area (Å²) in [6, 6.07) is 6.17. The average Bonchev–Trinajstić information content (AvgIpc) is 3.03. The minimum absolute atomic E-state index is 0.0652. The fraction of sp³-hybridized carbons (Fsp3) is 0.286. The van der Waals surface area contributed by atoms with Crippen LogP contribution < -0.4 is 9.62 Å². The summed E-state index contributed by atoms with van der Waals surface area (Å²) in [6.45, 7) is -0.455. The van der Waals surface area contributed by atoms with Crippen LogP contribution >= 0.6 is 34.7 Å². The number of esters is 1. The Morgan fingerprint density at radius 2 is 2.11 bits per heavy atom. The highest BCUT2D eigenvalue weighted by molar-refractivity contribution is 8.01. The number of carbonyl (C=O) groups excluding carboxylic acids is 2. The second-order valence-electron chi connectivity index (χ2n) is 5.04. The molecule has 0 unspecified atom stereocenters. The monoisotopic (exact) mass is 450 g/mol. The van der Waals surface area contributed by atoms with Crippen molar-refractivity contribution >= 4 is 67.4 Å². The number of nitrogens with zero attached hydrogens (tertiary/aromatic N) is 3. The van der Waals surface area contributed by atoms with Crippen LogP contribution in [0.1, 0.15) is 0 Å². The molecule has 0 saturated carbocycles. The third-order valence-electron chi connectivity index (χ3n) is 2.98. The van der Waals surface area contributed by atoms with Crippen LogP contribution in [0.3, 0.4) is 0 Å². The number of hydrogen-bond donors (Lipinski definition) is 1. The van der Waals surface area contributed by atoms with Gasteiger partial charge in [0.2, 0.25) is 21.1 Å². The lowest BCUT2D eigenvalue weighted by molar-refractivity contribution is -0.137. The molecule has 27 heavy (non-hydrogen) atoms. The first-order chi connectivity index (χ1) is 12.7. The van der Waals surface area contributed by atoms with Crippen molar-refractivity contribution in [1.29, 1.82) is 0 Å². The maximum absolute atomic E-state index is 12.3. The molecule has 146 valence electrons. The van der Waals surface area contributed by atoms with Crippen LogP contribution in [-0.2, 0) is 24.3 Å². The third kappa shape index (κ3) is 6.65. The van der Waals surface area contributed by atoms with E-state index in [0.717, 1.165) is 33.7 Å². The summed E-state index contributed by atoms with van der Waals surface area (Å²) in [5, 5.41) is 10.6. The fourth-order valence-electron chi connectivity index (χ4n) is 1.82. The van der Waals surface area contributed by atoms with Gasteiger partial charge in [-0.3, -0.25) is 19.2 Å². The Kier molecular flexibility index (Phi) is 7.41. The summed E-state index contributed by atoms with van der Waals surface area (Å²) in [7, 11) is -2.43. The van der Waals surface area contributed by atoms with Crippen molar-refractivity contribution in [3.63, 3.8) is 0 Å². The van der Waals surface area contributed by atoms with Crippen LogP contribution in [0, 0.1) is 0 Å². The number of methoxy groups -OCH3 is 1. The number of rotatable bonds is 8. The standard InChI is InChI=1S/C14H15ClN4O5S3/c1-24-12(21)8-25-14-18-17-13(26-14)16-11(20)7-19(27(2,22)23)10-5-3-4-9(15)6-10/h3-6H,7-8H2,1-2H3,(H,16,17,20). The summed E-state index contributed by atoms with van der Waals surface area (Å²) >= 11 is 8.07. The molecule has 0 radical (unpaired) electrons. The Balaban J connectivity index is 2.04. The Bertz CT molecular complexity index is 934. The van der Waals surface area contributed by atoms with Crippen molar-refractivity contribution in [2.45, 2.75) is 4.34 Å². The normalized spacial score (nSPS) is 11.1. The van der Waals surface area contributed by atoms with E-state index in [0.29, 0.717) is 9.36 Å². The minimum Gasteiger partial charge on any atom is -0.468 e. The van der Waals surface area contributed by atoms with Crippen LogP contribution in [0.25, 0.3) is 0 Å². The molecule has 0 bridgehead atoms. The number of aromatic nitrogens is 2. The van der Waals surface area contributed by atoms with E-state index in [1.54, 1.807) is 12.1 Å². The molecule has 13 heteroatoms. The van der Waals surface area contributed by atoms with E-state index in [-0.39, 0.29) is 16.6 Å². The van der Waals surface area contributed by atoms with Crippen LogP contribution in [0.2, 0.25) is 5.02 Å². The van der Waals surface area contributed by atoms with Crippen molar-refractivity contribution in [1.82, 2.24) is 10.2 Å². The lowest BCUT2D eigenvalue weighted by atomic mass is 10.3. The average molecular weight is 451 g/mol. The molecule has 0 aliphatic rings. The molecule has 1 aromatic carbocycles. The van der Waals surface area contributed by atoms with Gasteiger partial charge in [0.25, 0.3) is 0 Å². The number of sulfonamides is 1. The van der Waals surface area contributed by atoms with Gasteiger partial charge in [-0.25, -0.2) is 8.42 Å². The van der Waals surface area contributed by atoms with E-state index in [4.69, 9.17) is 11.6 Å². The highest BCUT2D eigenvalue weighted by Crippen LogP contribution is 2.26. The molecule has 1 heterocycles. The van der Waals surface area contributed by atoms with E-state index < -0.39 is 28.4 Å². The van der Waals surface area contributed by atoms with Crippen LogP contribution in [0.5, 0.6) is 0 Å². The molecule has 1 N–H and O–H groups in total.